The lowest BCUT2D eigenvalue weighted by atomic mass is 9.91. The van der Waals surface area contributed by atoms with Crippen molar-refractivity contribution in [3.05, 3.63) is 29.3 Å². The van der Waals surface area contributed by atoms with Crippen LogP contribution in [0.5, 0.6) is 0 Å². The molecule has 0 heterocycles. The number of aryl methyl sites for hydroxylation is 1. The van der Waals surface area contributed by atoms with Crippen molar-refractivity contribution >= 4 is 5.69 Å². The second-order valence-corrected chi connectivity index (χ2v) is 5.30. The summed E-state index contributed by atoms with van der Waals surface area (Å²) in [4.78, 5) is 0. The molecule has 3 N–H and O–H groups in total. The Balaban J connectivity index is 2.13. The molecular weight excluding hydrogens is 253 g/mol. The van der Waals surface area contributed by atoms with Gasteiger partial charge in [0.25, 0.3) is 0 Å². The van der Waals surface area contributed by atoms with E-state index in [4.69, 9.17) is 5.73 Å². The molecule has 0 aliphatic heterocycles. The molecule has 1 aromatic carbocycles. The van der Waals surface area contributed by atoms with Gasteiger partial charge >= 0.3 is 6.18 Å². The van der Waals surface area contributed by atoms with Gasteiger partial charge in [0.05, 0.1) is 5.56 Å². The molecule has 1 aliphatic rings. The van der Waals surface area contributed by atoms with E-state index in [1.165, 1.54) is 19.1 Å². The van der Waals surface area contributed by atoms with Crippen molar-refractivity contribution in [1.29, 1.82) is 0 Å². The highest BCUT2D eigenvalue weighted by Gasteiger charge is 2.32. The van der Waals surface area contributed by atoms with Gasteiger partial charge in [-0.1, -0.05) is 6.07 Å². The van der Waals surface area contributed by atoms with Crippen LogP contribution in [0.3, 0.4) is 0 Å². The molecular formula is C14H19F3N2. The summed E-state index contributed by atoms with van der Waals surface area (Å²) in [5, 5.41) is 3.17. The van der Waals surface area contributed by atoms with Gasteiger partial charge in [-0.05, 0) is 50.3 Å². The summed E-state index contributed by atoms with van der Waals surface area (Å²) in [6, 6.07) is 4.72. The fourth-order valence-corrected chi connectivity index (χ4v) is 2.61. The van der Waals surface area contributed by atoms with Gasteiger partial charge in [0.15, 0.2) is 0 Å². The number of benzene rings is 1. The minimum atomic E-state index is -4.30. The van der Waals surface area contributed by atoms with E-state index >= 15 is 0 Å². The monoisotopic (exact) mass is 272 g/mol. The van der Waals surface area contributed by atoms with Crippen LogP contribution in [0.2, 0.25) is 0 Å². The predicted octanol–water partition coefficient (Wildman–Crippen LogP) is 3.70. The van der Waals surface area contributed by atoms with E-state index in [9.17, 15) is 13.2 Å². The number of hydrogen-bond donors (Lipinski definition) is 2. The van der Waals surface area contributed by atoms with Crippen LogP contribution in [-0.4, -0.2) is 12.1 Å². The molecule has 1 fully saturated rings. The van der Waals surface area contributed by atoms with Crippen LogP contribution in [-0.2, 0) is 6.18 Å². The van der Waals surface area contributed by atoms with Gasteiger partial charge in [-0.25, -0.2) is 0 Å². The molecule has 2 nitrogen and oxygen atoms in total. The Morgan fingerprint density at radius 1 is 1.26 bits per heavy atom. The predicted molar refractivity (Wildman–Crippen MR) is 70.0 cm³/mol. The van der Waals surface area contributed by atoms with E-state index in [-0.39, 0.29) is 17.6 Å². The Morgan fingerprint density at radius 2 is 2.00 bits per heavy atom. The van der Waals surface area contributed by atoms with Crippen LogP contribution in [0.4, 0.5) is 18.9 Å². The molecule has 5 heteroatoms. The van der Waals surface area contributed by atoms with E-state index < -0.39 is 11.7 Å². The zero-order chi connectivity index (χ0) is 14.0. The largest absolute Gasteiger partial charge is 0.416 e. The first-order valence-electron chi connectivity index (χ1n) is 6.56. The summed E-state index contributed by atoms with van der Waals surface area (Å²) < 4.78 is 38.5. The molecule has 19 heavy (non-hydrogen) atoms. The molecule has 0 bridgehead atoms. The number of hydrogen-bond acceptors (Lipinski definition) is 2. The first-order chi connectivity index (χ1) is 8.86. The van der Waals surface area contributed by atoms with Crippen molar-refractivity contribution < 1.29 is 13.2 Å². The van der Waals surface area contributed by atoms with Gasteiger partial charge in [0.2, 0.25) is 0 Å². The summed E-state index contributed by atoms with van der Waals surface area (Å²) in [5.74, 6) is 0. The fraction of sp³-hybridized carbons (Fsp3) is 0.571. The first kappa shape index (κ1) is 14.2. The lowest BCUT2D eigenvalue weighted by Crippen LogP contribution is -2.34. The van der Waals surface area contributed by atoms with E-state index in [2.05, 4.69) is 5.32 Å². The van der Waals surface area contributed by atoms with Gasteiger partial charge in [0.1, 0.15) is 0 Å². The minimum absolute atomic E-state index is 0.152. The van der Waals surface area contributed by atoms with Crippen molar-refractivity contribution in [3.8, 4) is 0 Å². The highest BCUT2D eigenvalue weighted by atomic mass is 19.4. The third-order valence-corrected chi connectivity index (χ3v) is 3.63. The second kappa shape index (κ2) is 5.41. The topological polar surface area (TPSA) is 38.0 Å². The maximum Gasteiger partial charge on any atom is 0.416 e. The molecule has 1 aromatic rings. The number of halogens is 3. The molecule has 0 spiro atoms. The lowest BCUT2D eigenvalue weighted by molar-refractivity contribution is -0.138. The summed E-state index contributed by atoms with van der Waals surface area (Å²) in [6.07, 6.45) is -0.500. The Morgan fingerprint density at radius 3 is 2.63 bits per heavy atom. The Hall–Kier alpha value is -1.23. The normalized spacial score (nSPS) is 24.3. The molecule has 2 rings (SSSR count). The quantitative estimate of drug-likeness (QED) is 0.861. The summed E-state index contributed by atoms with van der Waals surface area (Å²) >= 11 is 0. The zero-order valence-electron chi connectivity index (χ0n) is 10.9. The zero-order valence-corrected chi connectivity index (χ0v) is 10.9. The first-order valence-corrected chi connectivity index (χ1v) is 6.56. The number of rotatable bonds is 2. The third kappa shape index (κ3) is 3.62. The smallest absolute Gasteiger partial charge is 0.382 e. The van der Waals surface area contributed by atoms with Crippen molar-refractivity contribution in [2.24, 2.45) is 5.73 Å². The SMILES string of the molecule is Cc1ccc(NC2CCCC(N)C2)cc1C(F)(F)F. The van der Waals surface area contributed by atoms with Gasteiger partial charge in [0, 0.05) is 17.8 Å². The number of nitrogens with one attached hydrogen (secondary N) is 1. The molecule has 2 unspecified atom stereocenters. The van der Waals surface area contributed by atoms with Crippen LogP contribution >= 0.6 is 0 Å². The molecule has 0 radical (unpaired) electrons. The summed E-state index contributed by atoms with van der Waals surface area (Å²) in [7, 11) is 0. The van der Waals surface area contributed by atoms with Gasteiger partial charge in [-0.15, -0.1) is 0 Å². The van der Waals surface area contributed by atoms with Gasteiger partial charge < -0.3 is 11.1 Å². The van der Waals surface area contributed by atoms with Crippen molar-refractivity contribution in [2.45, 2.75) is 50.9 Å². The average molecular weight is 272 g/mol. The van der Waals surface area contributed by atoms with Crippen molar-refractivity contribution in [3.63, 3.8) is 0 Å². The standard InChI is InChI=1S/C14H19F3N2/c1-9-5-6-12(8-13(9)14(15,16)17)19-11-4-2-3-10(18)7-11/h5-6,8,10-11,19H,2-4,7,18H2,1H3. The highest BCUT2D eigenvalue weighted by Crippen LogP contribution is 2.34. The third-order valence-electron chi connectivity index (χ3n) is 3.63. The summed E-state index contributed by atoms with van der Waals surface area (Å²) in [6.45, 7) is 1.48. The fourth-order valence-electron chi connectivity index (χ4n) is 2.61. The minimum Gasteiger partial charge on any atom is -0.382 e. The van der Waals surface area contributed by atoms with E-state index in [0.717, 1.165) is 25.7 Å². The van der Waals surface area contributed by atoms with Crippen molar-refractivity contribution in [2.75, 3.05) is 5.32 Å². The average Bonchev–Trinajstić information content (AvgIpc) is 2.30. The number of nitrogens with two attached hydrogens (primary N) is 1. The van der Waals surface area contributed by atoms with Gasteiger partial charge in [-0.3, -0.25) is 0 Å². The maximum absolute atomic E-state index is 12.8. The molecule has 0 aromatic heterocycles. The molecule has 1 saturated carbocycles. The number of anilines is 1. The van der Waals surface area contributed by atoms with Crippen LogP contribution < -0.4 is 11.1 Å². The molecule has 0 amide bonds. The lowest BCUT2D eigenvalue weighted by Gasteiger charge is -2.28. The van der Waals surface area contributed by atoms with Crippen LogP contribution in [0, 0.1) is 6.92 Å². The van der Waals surface area contributed by atoms with Crippen LogP contribution in [0.15, 0.2) is 18.2 Å². The maximum atomic E-state index is 12.8. The second-order valence-electron chi connectivity index (χ2n) is 5.30. The molecule has 2 atom stereocenters. The molecule has 0 saturated heterocycles. The van der Waals surface area contributed by atoms with E-state index in [1.807, 2.05) is 0 Å². The van der Waals surface area contributed by atoms with E-state index in [0.29, 0.717) is 5.69 Å². The van der Waals surface area contributed by atoms with Gasteiger partial charge in [-0.2, -0.15) is 13.2 Å². The molecule has 106 valence electrons. The Labute approximate surface area is 111 Å². The molecule has 1 aliphatic carbocycles. The van der Waals surface area contributed by atoms with Crippen LogP contribution in [0.25, 0.3) is 0 Å². The van der Waals surface area contributed by atoms with E-state index in [1.54, 1.807) is 6.07 Å². The van der Waals surface area contributed by atoms with Crippen LogP contribution in [0.1, 0.15) is 36.8 Å². The van der Waals surface area contributed by atoms with Crippen molar-refractivity contribution in [1.82, 2.24) is 0 Å². The summed E-state index contributed by atoms with van der Waals surface area (Å²) in [5.41, 5.74) is 6.08. The number of alkyl halides is 3. The Bertz CT molecular complexity index is 443. The highest BCUT2D eigenvalue weighted by molar-refractivity contribution is 5.50. The Kier molecular flexibility index (Phi) is 4.04.